The molecule has 77 heavy (non-hydrogen) atoms. The fraction of sp³-hybridized carbons (Fsp3) is 0.114. The molecule has 10 aromatic carbocycles. The summed E-state index contributed by atoms with van der Waals surface area (Å²) in [4.78, 5) is 0. The van der Waals surface area contributed by atoms with Crippen molar-refractivity contribution in [2.75, 3.05) is 0 Å². The number of rotatable bonds is 12. The van der Waals surface area contributed by atoms with E-state index >= 15 is 0 Å². The van der Waals surface area contributed by atoms with Gasteiger partial charge in [0.2, 0.25) is 0 Å². The minimum atomic E-state index is -0.357. The zero-order chi connectivity index (χ0) is 52.6. The van der Waals surface area contributed by atoms with Gasteiger partial charge in [-0.15, -0.1) is 61.3 Å². The average Bonchev–Trinajstić information content (AvgIpc) is 3.98. The van der Waals surface area contributed by atoms with Crippen molar-refractivity contribution in [1.29, 1.82) is 0 Å². The van der Waals surface area contributed by atoms with Crippen molar-refractivity contribution < 1.29 is 26.2 Å². The molecular formula is C70H64N6Zr-6. The summed E-state index contributed by atoms with van der Waals surface area (Å²) in [6, 6.07) is 87.3. The molecule has 384 valence electrons. The normalized spacial score (nSPS) is 11.5. The van der Waals surface area contributed by atoms with Crippen molar-refractivity contribution >= 4 is 55.0 Å². The van der Waals surface area contributed by atoms with Gasteiger partial charge in [-0.3, -0.25) is 0 Å². The summed E-state index contributed by atoms with van der Waals surface area (Å²) in [5.74, 6) is 0. The zero-order valence-corrected chi connectivity index (χ0v) is 46.9. The van der Waals surface area contributed by atoms with E-state index < -0.39 is 0 Å². The van der Waals surface area contributed by atoms with Crippen LogP contribution >= 0.6 is 0 Å². The third-order valence-corrected chi connectivity index (χ3v) is 13.3. The molecule has 6 nitrogen and oxygen atoms in total. The van der Waals surface area contributed by atoms with Crippen molar-refractivity contribution in [3.63, 3.8) is 0 Å². The SMILES string of the molecule is Cc1cccc(C)c1[N-]C([N-]Cc1ccccc1)n1c2ccccc2c2ccccc21.Cc1cccc(C)c1[N-]C([N-]Cc1ccccc1)n1c2ccccc2c2ccccc21.[CH2-]c1ccccc1.[CH2-]c1ccccc1.[Zr]. The molecule has 0 aliphatic heterocycles. The van der Waals surface area contributed by atoms with Gasteiger partial charge >= 0.3 is 0 Å². The second-order valence-corrected chi connectivity index (χ2v) is 18.9. The van der Waals surface area contributed by atoms with Crippen molar-refractivity contribution in [3.8, 4) is 0 Å². The van der Waals surface area contributed by atoms with Gasteiger partial charge in [0.1, 0.15) is 0 Å². The Balaban J connectivity index is 0.000000161. The van der Waals surface area contributed by atoms with E-state index in [-0.39, 0.29) is 38.8 Å². The van der Waals surface area contributed by atoms with Crippen LogP contribution < -0.4 is 0 Å². The number of aromatic nitrogens is 2. The molecule has 0 spiro atoms. The predicted octanol–water partition coefficient (Wildman–Crippen LogP) is 20.0. The van der Waals surface area contributed by atoms with Gasteiger partial charge in [-0.25, -0.2) is 0 Å². The van der Waals surface area contributed by atoms with Crippen LogP contribution in [0.25, 0.3) is 64.9 Å². The standard InChI is InChI=1S/2C28H25N3.2C7H7.Zr/c2*1-20-11-10-12-21(2)27(20)30-28(29-19-22-13-4-3-5-14-22)31-25-17-8-6-15-23(25)24-16-7-9-18-26(24)31;2*1-7-5-3-2-4-6-7;/h2*3-18,28H,19H2,1-2H3;2*2-6H,1H2;/q2*-2;2*-1;. The number of fused-ring (bicyclic) bond motifs is 6. The summed E-state index contributed by atoms with van der Waals surface area (Å²) in [5.41, 5.74) is 15.8. The first kappa shape index (κ1) is 55.2. The molecular weight excluding hydrogens is 1020 g/mol. The maximum atomic E-state index is 5.21. The molecule has 0 saturated heterocycles. The van der Waals surface area contributed by atoms with Crippen LogP contribution in [0.1, 0.15) is 57.1 Å². The molecule has 7 heteroatoms. The van der Waals surface area contributed by atoms with Gasteiger partial charge < -0.3 is 30.4 Å². The summed E-state index contributed by atoms with van der Waals surface area (Å²) < 4.78 is 4.55. The van der Waals surface area contributed by atoms with Gasteiger partial charge in [0.15, 0.2) is 0 Å². The molecule has 0 aliphatic carbocycles. The Morgan fingerprint density at radius 1 is 0.312 bits per heavy atom. The Kier molecular flexibility index (Phi) is 19.4. The molecule has 0 bridgehead atoms. The average molecular weight is 1080 g/mol. The van der Waals surface area contributed by atoms with Crippen LogP contribution in [0.5, 0.6) is 0 Å². The van der Waals surface area contributed by atoms with E-state index in [1.165, 1.54) is 54.9 Å². The van der Waals surface area contributed by atoms with Gasteiger partial charge in [0, 0.05) is 69.8 Å². The van der Waals surface area contributed by atoms with Crippen LogP contribution in [0.2, 0.25) is 0 Å². The fourth-order valence-electron chi connectivity index (χ4n) is 9.51. The Hall–Kier alpha value is -8.06. The summed E-state index contributed by atoms with van der Waals surface area (Å²) in [6.45, 7) is 17.1. The summed E-state index contributed by atoms with van der Waals surface area (Å²) in [6.07, 6.45) is -0.713. The number of benzene rings is 10. The van der Waals surface area contributed by atoms with Gasteiger partial charge in [-0.2, -0.15) is 49.2 Å². The molecule has 0 radical (unpaired) electrons. The van der Waals surface area contributed by atoms with Crippen LogP contribution in [0.15, 0.2) is 255 Å². The zero-order valence-electron chi connectivity index (χ0n) is 44.4. The van der Waals surface area contributed by atoms with E-state index in [0.29, 0.717) is 13.1 Å². The molecule has 12 rings (SSSR count). The number of hydrogen-bond acceptors (Lipinski definition) is 0. The second-order valence-electron chi connectivity index (χ2n) is 18.9. The Bertz CT molecular complexity index is 3340. The number of nitrogens with zero attached hydrogens (tertiary/aromatic N) is 6. The second kappa shape index (κ2) is 27.1. The molecule has 2 heterocycles. The molecule has 2 aromatic heterocycles. The van der Waals surface area contributed by atoms with E-state index in [0.717, 1.165) is 44.6 Å². The maximum absolute atomic E-state index is 5.21. The number of hydrogen-bond donors (Lipinski definition) is 0. The van der Waals surface area contributed by atoms with Crippen molar-refractivity contribution in [2.24, 2.45) is 0 Å². The minimum Gasteiger partial charge on any atom is -0.682 e. The first-order valence-corrected chi connectivity index (χ1v) is 25.9. The Morgan fingerprint density at radius 2 is 0.558 bits per heavy atom. The van der Waals surface area contributed by atoms with E-state index in [1.54, 1.807) is 0 Å². The monoisotopic (exact) mass is 1080 g/mol. The molecule has 0 fully saturated rings. The van der Waals surface area contributed by atoms with Crippen LogP contribution in [0, 0.1) is 41.5 Å². The van der Waals surface area contributed by atoms with Crippen LogP contribution in [-0.4, -0.2) is 9.13 Å². The molecule has 2 unspecified atom stereocenters. The molecule has 0 amide bonds. The third kappa shape index (κ3) is 13.9. The quantitative estimate of drug-likeness (QED) is 0.109. The summed E-state index contributed by atoms with van der Waals surface area (Å²) in [5, 5.41) is 25.6. The van der Waals surface area contributed by atoms with Gasteiger partial charge in [0.25, 0.3) is 0 Å². The molecule has 12 aromatic rings. The predicted molar refractivity (Wildman–Crippen MR) is 324 cm³/mol. The number of para-hydroxylation sites is 6. The van der Waals surface area contributed by atoms with Gasteiger partial charge in [-0.05, 0) is 52.0 Å². The van der Waals surface area contributed by atoms with E-state index in [4.69, 9.17) is 21.3 Å². The smallest absolute Gasteiger partial charge is 0.0463 e. The van der Waals surface area contributed by atoms with Crippen LogP contribution in [0.4, 0.5) is 11.4 Å². The Morgan fingerprint density at radius 3 is 0.818 bits per heavy atom. The first-order chi connectivity index (χ1) is 37.2. The largest absolute Gasteiger partial charge is 0.682 e. The van der Waals surface area contributed by atoms with E-state index in [2.05, 4.69) is 233 Å². The fourth-order valence-corrected chi connectivity index (χ4v) is 9.51. The van der Waals surface area contributed by atoms with Crippen LogP contribution in [-0.2, 0) is 39.3 Å². The van der Waals surface area contributed by atoms with Gasteiger partial charge in [-0.1, -0.05) is 215 Å². The van der Waals surface area contributed by atoms with Crippen molar-refractivity contribution in [1.82, 2.24) is 9.13 Å². The van der Waals surface area contributed by atoms with Crippen molar-refractivity contribution in [3.05, 3.63) is 334 Å². The molecule has 0 aliphatic rings. The minimum absolute atomic E-state index is 0. The molecule has 0 saturated carbocycles. The van der Waals surface area contributed by atoms with E-state index in [9.17, 15) is 0 Å². The number of aryl methyl sites for hydroxylation is 4. The Labute approximate surface area is 475 Å². The van der Waals surface area contributed by atoms with Crippen molar-refractivity contribution in [2.45, 2.75) is 53.4 Å². The van der Waals surface area contributed by atoms with Crippen LogP contribution in [0.3, 0.4) is 0 Å². The van der Waals surface area contributed by atoms with Gasteiger partial charge in [0.05, 0.1) is 0 Å². The molecule has 0 N–H and O–H groups in total. The topological polar surface area (TPSA) is 66.3 Å². The first-order valence-electron chi connectivity index (χ1n) is 25.9. The summed E-state index contributed by atoms with van der Waals surface area (Å²) in [7, 11) is 0. The maximum Gasteiger partial charge on any atom is 0.0463 e. The third-order valence-electron chi connectivity index (χ3n) is 13.3. The molecule has 2 atom stereocenters. The summed E-state index contributed by atoms with van der Waals surface area (Å²) >= 11 is 0. The van der Waals surface area contributed by atoms with E-state index in [1.807, 2.05) is 72.8 Å².